The molecule has 2 aromatic heterocycles. The third-order valence-electron chi connectivity index (χ3n) is 4.57. The Morgan fingerprint density at radius 1 is 1.03 bits per heavy atom. The minimum absolute atomic E-state index is 0.159. The summed E-state index contributed by atoms with van der Waals surface area (Å²) in [5.41, 5.74) is 2.61. The van der Waals surface area contributed by atoms with E-state index in [-0.39, 0.29) is 17.5 Å². The van der Waals surface area contributed by atoms with Crippen LogP contribution >= 0.6 is 11.8 Å². The molecule has 6 nitrogen and oxygen atoms in total. The Labute approximate surface area is 177 Å². The Hall–Kier alpha value is -3.39. The number of para-hydroxylation sites is 1. The fourth-order valence-corrected chi connectivity index (χ4v) is 3.82. The first kappa shape index (κ1) is 19.9. The smallest absolute Gasteiger partial charge is 0.234 e. The maximum absolute atomic E-state index is 13.0. The molecule has 2 heterocycles. The van der Waals surface area contributed by atoms with Crippen LogP contribution in [-0.4, -0.2) is 31.0 Å². The van der Waals surface area contributed by atoms with Crippen LogP contribution in [0.5, 0.6) is 0 Å². The molecule has 4 rings (SSSR count). The molecule has 1 amide bonds. The lowest BCUT2D eigenvalue weighted by atomic mass is 10.2. The van der Waals surface area contributed by atoms with E-state index in [4.69, 9.17) is 0 Å². The van der Waals surface area contributed by atoms with Gasteiger partial charge in [0, 0.05) is 36.7 Å². The van der Waals surface area contributed by atoms with Crippen LogP contribution in [-0.2, 0) is 18.3 Å². The molecule has 0 aliphatic carbocycles. The number of aromatic nitrogens is 4. The summed E-state index contributed by atoms with van der Waals surface area (Å²) >= 11 is 1.31. The van der Waals surface area contributed by atoms with Crippen LogP contribution in [0.2, 0.25) is 0 Å². The molecule has 0 unspecified atom stereocenters. The Bertz CT molecular complexity index is 1140. The number of carbonyl (C=O) groups is 1. The van der Waals surface area contributed by atoms with Crippen molar-refractivity contribution < 1.29 is 9.18 Å². The van der Waals surface area contributed by atoms with Crippen molar-refractivity contribution >= 4 is 23.4 Å². The van der Waals surface area contributed by atoms with Gasteiger partial charge in [-0.15, -0.1) is 10.2 Å². The summed E-state index contributed by atoms with van der Waals surface area (Å²) in [7, 11) is 1.99. The quantitative estimate of drug-likeness (QED) is 0.457. The number of rotatable bonds is 7. The molecule has 1 N–H and O–H groups in total. The minimum Gasteiger partial charge on any atom is -0.354 e. The van der Waals surface area contributed by atoms with Crippen molar-refractivity contribution in [3.05, 3.63) is 90.3 Å². The molecule has 0 aliphatic rings. The third-order valence-corrected chi connectivity index (χ3v) is 5.49. The minimum atomic E-state index is -0.343. The molecule has 2 aromatic carbocycles. The first-order valence-corrected chi connectivity index (χ1v) is 10.4. The van der Waals surface area contributed by atoms with E-state index in [1.165, 1.54) is 36.0 Å². The average Bonchev–Trinajstić information content (AvgIpc) is 3.35. The van der Waals surface area contributed by atoms with Crippen molar-refractivity contribution in [2.45, 2.75) is 11.6 Å². The SMILES string of the molecule is Cn1cccc1Cc1nnc(SCC(=O)Nc2ccc(F)cc2)n1-c1ccccc1. The van der Waals surface area contributed by atoms with Crippen LogP contribution in [0.3, 0.4) is 0 Å². The molecule has 152 valence electrons. The summed E-state index contributed by atoms with van der Waals surface area (Å²) in [6.07, 6.45) is 2.61. The van der Waals surface area contributed by atoms with Gasteiger partial charge in [0.2, 0.25) is 5.91 Å². The zero-order valence-corrected chi connectivity index (χ0v) is 17.1. The molecule has 0 saturated heterocycles. The average molecular weight is 422 g/mol. The van der Waals surface area contributed by atoms with E-state index < -0.39 is 0 Å². The third kappa shape index (κ3) is 4.60. The van der Waals surface area contributed by atoms with Crippen molar-refractivity contribution in [3.63, 3.8) is 0 Å². The fraction of sp³-hybridized carbons (Fsp3) is 0.136. The van der Waals surface area contributed by atoms with E-state index in [0.29, 0.717) is 17.3 Å². The summed E-state index contributed by atoms with van der Waals surface area (Å²) in [4.78, 5) is 12.3. The van der Waals surface area contributed by atoms with E-state index >= 15 is 0 Å². The highest BCUT2D eigenvalue weighted by atomic mass is 32.2. The maximum atomic E-state index is 13.0. The zero-order chi connectivity index (χ0) is 20.9. The van der Waals surface area contributed by atoms with E-state index in [1.807, 2.05) is 64.8 Å². The Morgan fingerprint density at radius 2 is 1.80 bits per heavy atom. The summed E-state index contributed by atoms with van der Waals surface area (Å²) < 4.78 is 17.0. The molecule has 0 atom stereocenters. The number of aryl methyl sites for hydroxylation is 1. The van der Waals surface area contributed by atoms with Gasteiger partial charge in [0.1, 0.15) is 11.6 Å². The van der Waals surface area contributed by atoms with Gasteiger partial charge in [-0.25, -0.2) is 4.39 Å². The van der Waals surface area contributed by atoms with E-state index in [1.54, 1.807) is 0 Å². The number of benzene rings is 2. The summed E-state index contributed by atoms with van der Waals surface area (Å²) in [5, 5.41) is 12.1. The molecule has 4 aromatic rings. The van der Waals surface area contributed by atoms with Gasteiger partial charge >= 0.3 is 0 Å². The van der Waals surface area contributed by atoms with Gasteiger partial charge in [0.25, 0.3) is 0 Å². The van der Waals surface area contributed by atoms with Crippen LogP contribution in [0.4, 0.5) is 10.1 Å². The molecule has 0 spiro atoms. The molecule has 30 heavy (non-hydrogen) atoms. The van der Waals surface area contributed by atoms with Crippen molar-refractivity contribution in [1.29, 1.82) is 0 Å². The van der Waals surface area contributed by atoms with Crippen LogP contribution < -0.4 is 5.32 Å². The second kappa shape index (κ2) is 8.96. The van der Waals surface area contributed by atoms with Crippen LogP contribution in [0.25, 0.3) is 5.69 Å². The number of nitrogens with one attached hydrogen (secondary N) is 1. The van der Waals surface area contributed by atoms with Gasteiger partial charge in [0.15, 0.2) is 5.16 Å². The Balaban J connectivity index is 1.53. The van der Waals surface area contributed by atoms with Crippen LogP contribution in [0, 0.1) is 5.82 Å². The van der Waals surface area contributed by atoms with Gasteiger partial charge in [-0.1, -0.05) is 30.0 Å². The number of nitrogens with zero attached hydrogens (tertiary/aromatic N) is 4. The summed E-state index contributed by atoms with van der Waals surface area (Å²) in [5.74, 6) is 0.415. The number of hydrogen-bond donors (Lipinski definition) is 1. The van der Waals surface area contributed by atoms with Crippen molar-refractivity contribution in [1.82, 2.24) is 19.3 Å². The number of carbonyl (C=O) groups excluding carboxylic acids is 1. The van der Waals surface area contributed by atoms with Crippen LogP contribution in [0.15, 0.2) is 78.1 Å². The second-order valence-corrected chi connectivity index (χ2v) is 7.64. The number of hydrogen-bond acceptors (Lipinski definition) is 4. The van der Waals surface area contributed by atoms with Crippen molar-refractivity contribution in [3.8, 4) is 5.69 Å². The number of thioether (sulfide) groups is 1. The van der Waals surface area contributed by atoms with Gasteiger partial charge in [-0.2, -0.15) is 0 Å². The van der Waals surface area contributed by atoms with Crippen molar-refractivity contribution in [2.24, 2.45) is 7.05 Å². The molecule has 0 aliphatic heterocycles. The van der Waals surface area contributed by atoms with E-state index in [0.717, 1.165) is 17.2 Å². The molecule has 0 saturated carbocycles. The second-order valence-electron chi connectivity index (χ2n) is 6.70. The number of amides is 1. The first-order valence-electron chi connectivity index (χ1n) is 9.38. The highest BCUT2D eigenvalue weighted by molar-refractivity contribution is 7.99. The Kier molecular flexibility index (Phi) is 5.94. The largest absolute Gasteiger partial charge is 0.354 e. The van der Waals surface area contributed by atoms with E-state index in [2.05, 4.69) is 15.5 Å². The lowest BCUT2D eigenvalue weighted by Gasteiger charge is -2.11. The predicted octanol–water partition coefficient (Wildman–Crippen LogP) is 4.07. The lowest BCUT2D eigenvalue weighted by Crippen LogP contribution is -2.14. The van der Waals surface area contributed by atoms with Gasteiger partial charge in [-0.05, 0) is 48.5 Å². The molecule has 0 bridgehead atoms. The normalized spacial score (nSPS) is 10.9. The predicted molar refractivity (Wildman–Crippen MR) is 115 cm³/mol. The zero-order valence-electron chi connectivity index (χ0n) is 16.3. The highest BCUT2D eigenvalue weighted by Crippen LogP contribution is 2.24. The van der Waals surface area contributed by atoms with Gasteiger partial charge < -0.3 is 9.88 Å². The highest BCUT2D eigenvalue weighted by Gasteiger charge is 2.17. The molecule has 8 heteroatoms. The Morgan fingerprint density at radius 3 is 2.50 bits per heavy atom. The first-order chi connectivity index (χ1) is 14.6. The molecule has 0 radical (unpaired) electrons. The maximum Gasteiger partial charge on any atom is 0.234 e. The lowest BCUT2D eigenvalue weighted by molar-refractivity contribution is -0.113. The number of halogens is 1. The van der Waals surface area contributed by atoms with Gasteiger partial charge in [-0.3, -0.25) is 9.36 Å². The summed E-state index contributed by atoms with van der Waals surface area (Å²) in [6, 6.07) is 19.6. The van der Waals surface area contributed by atoms with Crippen molar-refractivity contribution in [2.75, 3.05) is 11.1 Å². The summed E-state index contributed by atoms with van der Waals surface area (Å²) in [6.45, 7) is 0. The van der Waals surface area contributed by atoms with E-state index in [9.17, 15) is 9.18 Å². The molecular formula is C22H20FN5OS. The standard InChI is InChI=1S/C22H20FN5OS/c1-27-13-5-8-19(27)14-20-25-26-22(28(20)18-6-3-2-4-7-18)30-15-21(29)24-17-11-9-16(23)10-12-17/h2-13H,14-15H2,1H3,(H,24,29). The topological polar surface area (TPSA) is 64.7 Å². The van der Waals surface area contributed by atoms with Gasteiger partial charge in [0.05, 0.1) is 5.75 Å². The molecule has 0 fully saturated rings. The monoisotopic (exact) mass is 421 g/mol. The number of anilines is 1. The van der Waals surface area contributed by atoms with Crippen LogP contribution in [0.1, 0.15) is 11.5 Å². The fourth-order valence-electron chi connectivity index (χ4n) is 3.05. The molecular weight excluding hydrogens is 401 g/mol.